The lowest BCUT2D eigenvalue weighted by Gasteiger charge is -2.27. The maximum atomic E-state index is 11.6. The Morgan fingerprint density at radius 3 is 3.05 bits per heavy atom. The molecule has 1 aliphatic rings. The van der Waals surface area contributed by atoms with Gasteiger partial charge in [-0.1, -0.05) is 28.9 Å². The van der Waals surface area contributed by atoms with Crippen LogP contribution >= 0.6 is 15.9 Å². The van der Waals surface area contributed by atoms with E-state index in [1.807, 2.05) is 6.07 Å². The van der Waals surface area contributed by atoms with Crippen molar-refractivity contribution in [3.8, 4) is 0 Å². The normalized spacial score (nSPS) is 18.5. The molecule has 3 N–H and O–H groups in total. The molecule has 2 rings (SSSR count). The number of hydrogen-bond acceptors (Lipinski definition) is 3. The molecular formula is C15H22BrN3O. The van der Waals surface area contributed by atoms with E-state index in [1.165, 1.54) is 5.56 Å². The molecular weight excluding hydrogens is 318 g/mol. The molecule has 110 valence electrons. The number of nitrogens with zero attached hydrogens (tertiary/aromatic N) is 1. The lowest BCUT2D eigenvalue weighted by Crippen LogP contribution is -2.41. The molecule has 1 unspecified atom stereocenters. The number of benzene rings is 1. The Kier molecular flexibility index (Phi) is 5.43. The molecule has 0 saturated carbocycles. The van der Waals surface area contributed by atoms with E-state index < -0.39 is 0 Å². The summed E-state index contributed by atoms with van der Waals surface area (Å²) in [6, 6.07) is 6.07. The van der Waals surface area contributed by atoms with Gasteiger partial charge >= 0.3 is 0 Å². The van der Waals surface area contributed by atoms with Gasteiger partial charge in [0.05, 0.1) is 0 Å². The molecule has 4 nitrogen and oxygen atoms in total. The first-order chi connectivity index (χ1) is 9.63. The third-order valence-corrected chi connectivity index (χ3v) is 4.17. The fourth-order valence-electron chi connectivity index (χ4n) is 2.70. The number of primary amides is 1. The Hall–Kier alpha value is -1.07. The smallest absolute Gasteiger partial charge is 0.240 e. The van der Waals surface area contributed by atoms with Crippen LogP contribution in [0.2, 0.25) is 0 Å². The summed E-state index contributed by atoms with van der Waals surface area (Å²) in [4.78, 5) is 13.7. The number of rotatable bonds is 6. The van der Waals surface area contributed by atoms with Crippen LogP contribution in [0.15, 0.2) is 22.7 Å². The first kappa shape index (κ1) is 15.3. The summed E-state index contributed by atoms with van der Waals surface area (Å²) in [5, 5.41) is 3.42. The van der Waals surface area contributed by atoms with Gasteiger partial charge in [-0.25, -0.2) is 0 Å². The minimum Gasteiger partial charge on any atom is -0.368 e. The summed E-state index contributed by atoms with van der Waals surface area (Å²) in [6.07, 6.45) is 2.98. The van der Waals surface area contributed by atoms with Crippen LogP contribution in [0.3, 0.4) is 0 Å². The lowest BCUT2D eigenvalue weighted by molar-refractivity contribution is -0.119. The minimum atomic E-state index is -0.227. The zero-order valence-electron chi connectivity index (χ0n) is 11.9. The molecule has 0 aliphatic carbocycles. The van der Waals surface area contributed by atoms with Crippen molar-refractivity contribution >= 4 is 27.5 Å². The van der Waals surface area contributed by atoms with Crippen molar-refractivity contribution in [2.75, 3.05) is 18.0 Å². The van der Waals surface area contributed by atoms with Gasteiger partial charge in [0.1, 0.15) is 6.04 Å². The highest BCUT2D eigenvalue weighted by Crippen LogP contribution is 2.31. The molecule has 1 saturated heterocycles. The molecule has 5 heteroatoms. The average molecular weight is 340 g/mol. The number of nitrogens with two attached hydrogens (primary N) is 1. The first-order valence-electron chi connectivity index (χ1n) is 7.18. The molecule has 1 heterocycles. The molecule has 0 bridgehead atoms. The minimum absolute atomic E-state index is 0.172. The van der Waals surface area contributed by atoms with E-state index in [2.05, 4.69) is 45.2 Å². The molecule has 1 atom stereocenters. The Balaban J connectivity index is 2.24. The van der Waals surface area contributed by atoms with Gasteiger partial charge in [-0.15, -0.1) is 0 Å². The van der Waals surface area contributed by atoms with Crippen molar-refractivity contribution in [2.24, 2.45) is 5.73 Å². The number of nitrogens with one attached hydrogen (secondary N) is 1. The van der Waals surface area contributed by atoms with Crippen molar-refractivity contribution < 1.29 is 4.79 Å². The Bertz CT molecular complexity index is 478. The molecule has 1 aliphatic heterocycles. The van der Waals surface area contributed by atoms with Gasteiger partial charge in [0.25, 0.3) is 0 Å². The molecule has 1 aromatic rings. The predicted octanol–water partition coefficient (Wildman–Crippen LogP) is 2.40. The number of carbonyl (C=O) groups is 1. The van der Waals surface area contributed by atoms with Crippen LogP contribution in [0.4, 0.5) is 5.69 Å². The lowest BCUT2D eigenvalue weighted by atomic mass is 10.1. The van der Waals surface area contributed by atoms with Gasteiger partial charge in [0.15, 0.2) is 0 Å². The number of anilines is 1. The largest absolute Gasteiger partial charge is 0.368 e. The van der Waals surface area contributed by atoms with E-state index in [0.717, 1.165) is 49.1 Å². The summed E-state index contributed by atoms with van der Waals surface area (Å²) < 4.78 is 1.03. The van der Waals surface area contributed by atoms with Crippen LogP contribution in [0.1, 0.15) is 31.7 Å². The van der Waals surface area contributed by atoms with Gasteiger partial charge in [0.2, 0.25) is 5.91 Å². The maximum Gasteiger partial charge on any atom is 0.240 e. The van der Waals surface area contributed by atoms with Gasteiger partial charge < -0.3 is 16.0 Å². The van der Waals surface area contributed by atoms with Crippen LogP contribution in [-0.2, 0) is 11.3 Å². The topological polar surface area (TPSA) is 58.4 Å². The number of halogens is 1. The van der Waals surface area contributed by atoms with Gasteiger partial charge in [-0.3, -0.25) is 4.79 Å². The summed E-state index contributed by atoms with van der Waals surface area (Å²) >= 11 is 3.52. The first-order valence-corrected chi connectivity index (χ1v) is 7.98. The summed E-state index contributed by atoms with van der Waals surface area (Å²) in [5.74, 6) is -0.227. The molecule has 20 heavy (non-hydrogen) atoms. The molecule has 0 radical (unpaired) electrons. The van der Waals surface area contributed by atoms with Gasteiger partial charge in [-0.2, -0.15) is 0 Å². The van der Waals surface area contributed by atoms with Crippen molar-refractivity contribution in [1.82, 2.24) is 5.32 Å². The monoisotopic (exact) mass is 339 g/mol. The van der Waals surface area contributed by atoms with Crippen molar-refractivity contribution in [3.05, 3.63) is 28.2 Å². The molecule has 1 aromatic carbocycles. The maximum absolute atomic E-state index is 11.6. The highest BCUT2D eigenvalue weighted by atomic mass is 79.9. The van der Waals surface area contributed by atoms with E-state index in [-0.39, 0.29) is 11.9 Å². The molecule has 1 amide bonds. The van der Waals surface area contributed by atoms with E-state index in [1.54, 1.807) is 0 Å². The SMILES string of the molecule is CCCNCc1ccc(Br)cc1N1CCCC1C(N)=O. The third-order valence-electron chi connectivity index (χ3n) is 3.68. The zero-order chi connectivity index (χ0) is 14.5. The zero-order valence-corrected chi connectivity index (χ0v) is 13.4. The number of amides is 1. The molecule has 1 fully saturated rings. The van der Waals surface area contributed by atoms with Crippen molar-refractivity contribution in [2.45, 2.75) is 38.8 Å². The fraction of sp³-hybridized carbons (Fsp3) is 0.533. The highest BCUT2D eigenvalue weighted by molar-refractivity contribution is 9.10. The van der Waals surface area contributed by atoms with E-state index in [0.29, 0.717) is 0 Å². The van der Waals surface area contributed by atoms with Crippen LogP contribution in [0.25, 0.3) is 0 Å². The van der Waals surface area contributed by atoms with E-state index in [9.17, 15) is 4.79 Å². The summed E-state index contributed by atoms with van der Waals surface area (Å²) in [7, 11) is 0. The van der Waals surface area contributed by atoms with Crippen molar-refractivity contribution in [1.29, 1.82) is 0 Å². The average Bonchev–Trinajstić information content (AvgIpc) is 2.90. The molecule has 0 spiro atoms. The summed E-state index contributed by atoms with van der Waals surface area (Å²) in [5.41, 5.74) is 7.86. The third kappa shape index (κ3) is 3.52. The molecule has 0 aromatic heterocycles. The fourth-order valence-corrected chi connectivity index (χ4v) is 3.05. The number of carbonyl (C=O) groups excluding carboxylic acids is 1. The van der Waals surface area contributed by atoms with E-state index >= 15 is 0 Å². The second-order valence-electron chi connectivity index (χ2n) is 5.20. The number of hydrogen-bond donors (Lipinski definition) is 2. The second kappa shape index (κ2) is 7.09. The van der Waals surface area contributed by atoms with Gasteiger partial charge in [-0.05, 0) is 43.5 Å². The Morgan fingerprint density at radius 2 is 2.35 bits per heavy atom. The van der Waals surface area contributed by atoms with Crippen LogP contribution < -0.4 is 16.0 Å². The van der Waals surface area contributed by atoms with Crippen molar-refractivity contribution in [3.63, 3.8) is 0 Å². The standard InChI is InChI=1S/C15H22BrN3O/c1-2-7-18-10-11-5-6-12(16)9-14(11)19-8-3-4-13(19)15(17)20/h5-6,9,13,18H,2-4,7-8,10H2,1H3,(H2,17,20). The van der Waals surface area contributed by atoms with Gasteiger partial charge in [0, 0.05) is 23.2 Å². The Labute approximate surface area is 128 Å². The van der Waals surface area contributed by atoms with E-state index in [4.69, 9.17) is 5.73 Å². The van der Waals surface area contributed by atoms with Crippen LogP contribution in [-0.4, -0.2) is 25.0 Å². The van der Waals surface area contributed by atoms with Crippen LogP contribution in [0.5, 0.6) is 0 Å². The quantitative estimate of drug-likeness (QED) is 0.782. The Morgan fingerprint density at radius 1 is 1.55 bits per heavy atom. The summed E-state index contributed by atoms with van der Waals surface area (Å²) in [6.45, 7) is 4.86. The van der Waals surface area contributed by atoms with Crippen LogP contribution in [0, 0.1) is 0 Å². The second-order valence-corrected chi connectivity index (χ2v) is 6.12. The predicted molar refractivity (Wildman–Crippen MR) is 85.7 cm³/mol. The highest BCUT2D eigenvalue weighted by Gasteiger charge is 2.30.